The number of nitriles is 1. The van der Waals surface area contributed by atoms with Crippen molar-refractivity contribution in [3.63, 3.8) is 0 Å². The van der Waals surface area contributed by atoms with E-state index in [0.29, 0.717) is 16.6 Å². The number of halogens is 3. The zero-order valence-corrected chi connectivity index (χ0v) is 14.2. The highest BCUT2D eigenvalue weighted by molar-refractivity contribution is 6.40. The monoisotopic (exact) mass is 375 g/mol. The van der Waals surface area contributed by atoms with E-state index in [1.54, 1.807) is 36.4 Å². The molecule has 0 saturated carbocycles. The number of fused-ring (bicyclic) bond motifs is 1. The Morgan fingerprint density at radius 2 is 1.75 bits per heavy atom. The van der Waals surface area contributed by atoms with Crippen LogP contribution in [0.3, 0.4) is 0 Å². The highest BCUT2D eigenvalue weighted by atomic mass is 35.5. The Morgan fingerprint density at radius 1 is 1.08 bits per heavy atom. The van der Waals surface area contributed by atoms with Gasteiger partial charge in [0.1, 0.15) is 6.07 Å². The summed E-state index contributed by atoms with van der Waals surface area (Å²) < 4.78 is 0. The molecule has 3 rings (SSSR count). The van der Waals surface area contributed by atoms with E-state index >= 15 is 0 Å². The number of pyridine rings is 1. The maximum atomic E-state index is 12.5. The molecular formula is C17H8Cl3N3O. The third-order valence-corrected chi connectivity index (χ3v) is 4.43. The van der Waals surface area contributed by atoms with Gasteiger partial charge in [-0.2, -0.15) is 5.26 Å². The summed E-state index contributed by atoms with van der Waals surface area (Å²) in [5.74, 6) is -0.458. The smallest absolute Gasteiger partial charge is 0.258 e. The molecule has 1 aromatic heterocycles. The van der Waals surface area contributed by atoms with Crippen LogP contribution in [-0.4, -0.2) is 10.9 Å². The van der Waals surface area contributed by atoms with Gasteiger partial charge in [0, 0.05) is 11.6 Å². The van der Waals surface area contributed by atoms with Crippen molar-refractivity contribution in [3.8, 4) is 6.07 Å². The van der Waals surface area contributed by atoms with Gasteiger partial charge >= 0.3 is 0 Å². The highest BCUT2D eigenvalue weighted by Crippen LogP contribution is 2.31. The van der Waals surface area contributed by atoms with Gasteiger partial charge in [-0.25, -0.2) is 0 Å². The Labute approximate surface area is 152 Å². The van der Waals surface area contributed by atoms with Crippen LogP contribution in [0, 0.1) is 11.3 Å². The fourth-order valence-electron chi connectivity index (χ4n) is 2.27. The molecule has 0 aliphatic rings. The first-order chi connectivity index (χ1) is 11.5. The average Bonchev–Trinajstić information content (AvgIpc) is 2.56. The molecule has 0 fully saturated rings. The molecule has 0 spiro atoms. The first kappa shape index (κ1) is 16.5. The first-order valence-electron chi connectivity index (χ1n) is 6.75. The van der Waals surface area contributed by atoms with Crippen molar-refractivity contribution in [1.82, 2.24) is 4.98 Å². The van der Waals surface area contributed by atoms with E-state index < -0.39 is 5.91 Å². The molecule has 1 amide bonds. The number of hydrogen-bond acceptors (Lipinski definition) is 3. The molecule has 1 N–H and O–H groups in total. The molecule has 0 aliphatic carbocycles. The zero-order chi connectivity index (χ0) is 17.3. The first-order valence-corrected chi connectivity index (χ1v) is 7.89. The van der Waals surface area contributed by atoms with Crippen LogP contribution >= 0.6 is 34.8 Å². The number of anilines is 1. The normalized spacial score (nSPS) is 10.4. The lowest BCUT2D eigenvalue weighted by molar-refractivity contribution is 0.102. The van der Waals surface area contributed by atoms with E-state index in [2.05, 4.69) is 10.3 Å². The maximum Gasteiger partial charge on any atom is 0.258 e. The van der Waals surface area contributed by atoms with Crippen LogP contribution < -0.4 is 5.32 Å². The predicted molar refractivity (Wildman–Crippen MR) is 95.9 cm³/mol. The summed E-state index contributed by atoms with van der Waals surface area (Å²) in [6, 6.07) is 11.9. The highest BCUT2D eigenvalue weighted by Gasteiger charge is 2.17. The molecule has 0 aliphatic heterocycles. The number of carbonyl (C=O) groups excluding carboxylic acids is 1. The summed E-state index contributed by atoms with van der Waals surface area (Å²) in [4.78, 5) is 16.7. The van der Waals surface area contributed by atoms with E-state index in [4.69, 9.17) is 40.1 Å². The van der Waals surface area contributed by atoms with Gasteiger partial charge in [-0.1, -0.05) is 53.0 Å². The number of carbonyl (C=O) groups is 1. The molecule has 0 radical (unpaired) electrons. The molecule has 4 nitrogen and oxygen atoms in total. The summed E-state index contributed by atoms with van der Waals surface area (Å²) in [5.41, 5.74) is 1.36. The Bertz CT molecular complexity index is 992. The lowest BCUT2D eigenvalue weighted by Gasteiger charge is -2.11. The van der Waals surface area contributed by atoms with E-state index in [1.165, 1.54) is 6.20 Å². The van der Waals surface area contributed by atoms with Crippen molar-refractivity contribution >= 4 is 57.3 Å². The SMILES string of the molecule is N#Cc1cnc2c(NC(=O)c3c(Cl)cccc3Cl)cccc2c1Cl. The number of aromatic nitrogens is 1. The van der Waals surface area contributed by atoms with Crippen LogP contribution in [0.25, 0.3) is 10.9 Å². The summed E-state index contributed by atoms with van der Waals surface area (Å²) >= 11 is 18.3. The quantitative estimate of drug-likeness (QED) is 0.658. The summed E-state index contributed by atoms with van der Waals surface area (Å²) in [5, 5.41) is 13.1. The summed E-state index contributed by atoms with van der Waals surface area (Å²) in [6.45, 7) is 0. The van der Waals surface area contributed by atoms with Gasteiger partial charge in [0.15, 0.2) is 0 Å². The number of nitrogens with one attached hydrogen (secondary N) is 1. The summed E-state index contributed by atoms with van der Waals surface area (Å²) in [6.07, 6.45) is 1.36. The number of hydrogen-bond donors (Lipinski definition) is 1. The fraction of sp³-hybridized carbons (Fsp3) is 0. The summed E-state index contributed by atoms with van der Waals surface area (Å²) in [7, 11) is 0. The van der Waals surface area contributed by atoms with Gasteiger partial charge in [0.05, 0.1) is 37.4 Å². The zero-order valence-electron chi connectivity index (χ0n) is 12.0. The van der Waals surface area contributed by atoms with Crippen LogP contribution in [0.2, 0.25) is 15.1 Å². The second kappa shape index (κ2) is 6.66. The third-order valence-electron chi connectivity index (χ3n) is 3.39. The molecule has 0 atom stereocenters. The Kier molecular flexibility index (Phi) is 4.59. The lowest BCUT2D eigenvalue weighted by atomic mass is 10.1. The molecule has 3 aromatic rings. The van der Waals surface area contributed by atoms with E-state index in [0.717, 1.165) is 0 Å². The van der Waals surface area contributed by atoms with Crippen LogP contribution in [0.1, 0.15) is 15.9 Å². The van der Waals surface area contributed by atoms with Crippen LogP contribution in [0.5, 0.6) is 0 Å². The average molecular weight is 377 g/mol. The lowest BCUT2D eigenvalue weighted by Crippen LogP contribution is -2.13. The number of amides is 1. The molecule has 1 heterocycles. The second-order valence-electron chi connectivity index (χ2n) is 4.85. The van der Waals surface area contributed by atoms with Gasteiger partial charge in [-0.3, -0.25) is 9.78 Å². The molecule has 0 bridgehead atoms. The number of benzene rings is 2. The fourth-order valence-corrected chi connectivity index (χ4v) is 3.08. The van der Waals surface area contributed by atoms with Crippen molar-refractivity contribution in [1.29, 1.82) is 5.26 Å². The van der Waals surface area contributed by atoms with Gasteiger partial charge in [-0.15, -0.1) is 0 Å². The van der Waals surface area contributed by atoms with Crippen molar-refractivity contribution < 1.29 is 4.79 Å². The maximum absolute atomic E-state index is 12.5. The Morgan fingerprint density at radius 3 is 2.42 bits per heavy atom. The number of rotatable bonds is 2. The van der Waals surface area contributed by atoms with Crippen molar-refractivity contribution in [2.75, 3.05) is 5.32 Å². The minimum absolute atomic E-state index is 0.178. The van der Waals surface area contributed by atoms with E-state index in [9.17, 15) is 4.79 Å². The standard InChI is InChI=1S/C17H8Cl3N3O/c18-11-4-2-5-12(19)14(11)17(24)23-13-6-1-3-10-15(20)9(7-21)8-22-16(10)13/h1-6,8H,(H,23,24). The molecule has 24 heavy (non-hydrogen) atoms. The predicted octanol–water partition coefficient (Wildman–Crippen LogP) is 5.32. The topological polar surface area (TPSA) is 65.8 Å². The van der Waals surface area contributed by atoms with Crippen LogP contribution in [0.15, 0.2) is 42.6 Å². The van der Waals surface area contributed by atoms with Crippen LogP contribution in [0.4, 0.5) is 5.69 Å². The third kappa shape index (κ3) is 2.90. The van der Waals surface area contributed by atoms with Crippen LogP contribution in [-0.2, 0) is 0 Å². The van der Waals surface area contributed by atoms with Crippen molar-refractivity contribution in [2.24, 2.45) is 0 Å². The van der Waals surface area contributed by atoms with E-state index in [1.807, 2.05) is 6.07 Å². The molecular weight excluding hydrogens is 369 g/mol. The van der Waals surface area contributed by atoms with Gasteiger partial charge in [-0.05, 0) is 18.2 Å². The largest absolute Gasteiger partial charge is 0.320 e. The second-order valence-corrected chi connectivity index (χ2v) is 6.04. The molecule has 7 heteroatoms. The molecule has 0 saturated heterocycles. The van der Waals surface area contributed by atoms with Gasteiger partial charge in [0.25, 0.3) is 5.91 Å². The van der Waals surface area contributed by atoms with Gasteiger partial charge < -0.3 is 5.32 Å². The van der Waals surface area contributed by atoms with Crippen molar-refractivity contribution in [2.45, 2.75) is 0 Å². The number of para-hydroxylation sites is 1. The molecule has 0 unspecified atom stereocenters. The van der Waals surface area contributed by atoms with Crippen molar-refractivity contribution in [3.05, 3.63) is 68.8 Å². The number of nitrogens with zero attached hydrogens (tertiary/aromatic N) is 2. The van der Waals surface area contributed by atoms with Gasteiger partial charge in [0.2, 0.25) is 0 Å². The van der Waals surface area contributed by atoms with E-state index in [-0.39, 0.29) is 26.2 Å². The Hall–Kier alpha value is -2.32. The minimum atomic E-state index is -0.458. The minimum Gasteiger partial charge on any atom is -0.320 e. The molecule has 118 valence electrons. The molecule has 2 aromatic carbocycles. The Balaban J connectivity index is 2.07.